The lowest BCUT2D eigenvalue weighted by Gasteiger charge is -2.24. The van der Waals surface area contributed by atoms with Gasteiger partial charge in [0.25, 0.3) is 0 Å². The van der Waals surface area contributed by atoms with Gasteiger partial charge in [0.1, 0.15) is 0 Å². The minimum absolute atomic E-state index is 0.121. The molecule has 2 atom stereocenters. The van der Waals surface area contributed by atoms with Gasteiger partial charge < -0.3 is 10.4 Å². The van der Waals surface area contributed by atoms with Gasteiger partial charge in [-0.05, 0) is 38.3 Å². The normalized spacial score (nSPS) is 24.5. The van der Waals surface area contributed by atoms with E-state index in [-0.39, 0.29) is 11.6 Å². The SMILES string of the molecule is CC1(C)CC[C@@H]([C@H](O)c2cccc3[nH]ncc23)N1. The van der Waals surface area contributed by atoms with E-state index in [2.05, 4.69) is 29.4 Å². The molecule has 1 aliphatic rings. The Kier molecular flexibility index (Phi) is 2.64. The molecule has 18 heavy (non-hydrogen) atoms. The summed E-state index contributed by atoms with van der Waals surface area (Å²) < 4.78 is 0. The van der Waals surface area contributed by atoms with Gasteiger partial charge in [-0.2, -0.15) is 5.10 Å². The quantitative estimate of drug-likeness (QED) is 0.759. The molecule has 0 aliphatic carbocycles. The van der Waals surface area contributed by atoms with Gasteiger partial charge in [0.15, 0.2) is 0 Å². The van der Waals surface area contributed by atoms with Gasteiger partial charge in [-0.1, -0.05) is 12.1 Å². The number of benzene rings is 1. The minimum Gasteiger partial charge on any atom is -0.387 e. The van der Waals surface area contributed by atoms with Gasteiger partial charge >= 0.3 is 0 Å². The Hall–Kier alpha value is -1.39. The molecule has 96 valence electrons. The summed E-state index contributed by atoms with van der Waals surface area (Å²) in [5.41, 5.74) is 2.05. The molecule has 2 aromatic rings. The lowest BCUT2D eigenvalue weighted by atomic mass is 9.98. The second kappa shape index (κ2) is 4.07. The van der Waals surface area contributed by atoms with Crippen LogP contribution in [0, 0.1) is 0 Å². The average Bonchev–Trinajstić information content (AvgIpc) is 2.93. The smallest absolute Gasteiger partial charge is 0.0950 e. The molecule has 3 N–H and O–H groups in total. The lowest BCUT2D eigenvalue weighted by Crippen LogP contribution is -2.40. The van der Waals surface area contributed by atoms with Crippen molar-refractivity contribution in [3.8, 4) is 0 Å². The molecule has 1 aromatic heterocycles. The molecule has 0 spiro atoms. The van der Waals surface area contributed by atoms with E-state index in [1.165, 1.54) is 0 Å². The topological polar surface area (TPSA) is 60.9 Å². The Bertz CT molecular complexity index is 561. The van der Waals surface area contributed by atoms with Crippen molar-refractivity contribution < 1.29 is 5.11 Å². The van der Waals surface area contributed by atoms with Crippen LogP contribution in [0.15, 0.2) is 24.4 Å². The number of hydrogen-bond donors (Lipinski definition) is 3. The highest BCUT2D eigenvalue weighted by atomic mass is 16.3. The third-order valence-electron chi connectivity index (χ3n) is 3.87. The van der Waals surface area contributed by atoms with E-state index in [0.717, 1.165) is 29.3 Å². The number of aromatic amines is 1. The van der Waals surface area contributed by atoms with Crippen molar-refractivity contribution in [2.45, 2.75) is 44.4 Å². The van der Waals surface area contributed by atoms with Crippen molar-refractivity contribution in [3.05, 3.63) is 30.0 Å². The molecular weight excluding hydrogens is 226 g/mol. The second-order valence-corrected chi connectivity index (χ2v) is 5.80. The standard InChI is InChI=1S/C14H19N3O/c1-14(2)7-6-12(16-14)13(18)9-4-3-5-11-10(9)8-15-17-11/h3-5,8,12-13,16,18H,6-7H2,1-2H3,(H,15,17)/t12-,13+/m0/s1. The summed E-state index contributed by atoms with van der Waals surface area (Å²) in [6.45, 7) is 4.36. The summed E-state index contributed by atoms with van der Waals surface area (Å²) in [5, 5.41) is 22.1. The van der Waals surface area contributed by atoms with Crippen LogP contribution in [-0.2, 0) is 0 Å². The van der Waals surface area contributed by atoms with Gasteiger partial charge in [0.05, 0.1) is 17.8 Å². The van der Waals surface area contributed by atoms with Gasteiger partial charge in [-0.25, -0.2) is 0 Å². The third-order valence-corrected chi connectivity index (χ3v) is 3.87. The number of H-pyrrole nitrogens is 1. The van der Waals surface area contributed by atoms with Crippen LogP contribution in [0.25, 0.3) is 10.9 Å². The molecule has 1 saturated heterocycles. The van der Waals surface area contributed by atoms with E-state index in [4.69, 9.17) is 0 Å². The molecule has 4 nitrogen and oxygen atoms in total. The van der Waals surface area contributed by atoms with E-state index >= 15 is 0 Å². The lowest BCUT2D eigenvalue weighted by molar-refractivity contribution is 0.133. The number of aromatic nitrogens is 2. The zero-order valence-electron chi connectivity index (χ0n) is 10.8. The Morgan fingerprint density at radius 2 is 2.28 bits per heavy atom. The molecule has 0 amide bonds. The van der Waals surface area contributed by atoms with Gasteiger partial charge in [0.2, 0.25) is 0 Å². The molecule has 1 aromatic carbocycles. The van der Waals surface area contributed by atoms with Crippen molar-refractivity contribution in [3.63, 3.8) is 0 Å². The highest BCUT2D eigenvalue weighted by Crippen LogP contribution is 2.32. The zero-order valence-corrected chi connectivity index (χ0v) is 10.8. The van der Waals surface area contributed by atoms with Crippen LogP contribution in [0.5, 0.6) is 0 Å². The van der Waals surface area contributed by atoms with Crippen LogP contribution in [0.4, 0.5) is 0 Å². The van der Waals surface area contributed by atoms with Crippen molar-refractivity contribution in [2.24, 2.45) is 0 Å². The number of fused-ring (bicyclic) bond motifs is 1. The third kappa shape index (κ3) is 1.91. The largest absolute Gasteiger partial charge is 0.387 e. The molecule has 0 bridgehead atoms. The summed E-state index contributed by atoms with van der Waals surface area (Å²) in [5.74, 6) is 0. The summed E-state index contributed by atoms with van der Waals surface area (Å²) in [4.78, 5) is 0. The Morgan fingerprint density at radius 3 is 3.00 bits per heavy atom. The van der Waals surface area contributed by atoms with E-state index < -0.39 is 6.10 Å². The first-order chi connectivity index (χ1) is 8.57. The summed E-state index contributed by atoms with van der Waals surface area (Å²) in [6, 6.07) is 6.04. The van der Waals surface area contributed by atoms with Gasteiger partial charge in [-0.15, -0.1) is 0 Å². The predicted molar refractivity (Wildman–Crippen MR) is 71.3 cm³/mol. The van der Waals surface area contributed by atoms with Crippen molar-refractivity contribution in [1.82, 2.24) is 15.5 Å². The highest BCUT2D eigenvalue weighted by Gasteiger charge is 2.34. The summed E-state index contributed by atoms with van der Waals surface area (Å²) >= 11 is 0. The number of nitrogens with one attached hydrogen (secondary N) is 2. The number of aliphatic hydroxyl groups is 1. The molecule has 4 heteroatoms. The van der Waals surface area contributed by atoms with Crippen LogP contribution < -0.4 is 5.32 Å². The van der Waals surface area contributed by atoms with Gasteiger partial charge in [-0.3, -0.25) is 5.10 Å². The number of rotatable bonds is 2. The van der Waals surface area contributed by atoms with E-state index in [1.807, 2.05) is 18.2 Å². The maximum absolute atomic E-state index is 10.6. The van der Waals surface area contributed by atoms with Crippen LogP contribution in [0.2, 0.25) is 0 Å². The Labute approximate surface area is 106 Å². The molecule has 1 fully saturated rings. The summed E-state index contributed by atoms with van der Waals surface area (Å²) in [6.07, 6.45) is 3.40. The molecule has 2 heterocycles. The maximum atomic E-state index is 10.6. The highest BCUT2D eigenvalue weighted by molar-refractivity contribution is 5.82. The first-order valence-electron chi connectivity index (χ1n) is 6.45. The molecular formula is C14H19N3O. The monoisotopic (exact) mass is 245 g/mol. The molecule has 0 saturated carbocycles. The van der Waals surface area contributed by atoms with E-state index in [9.17, 15) is 5.11 Å². The fraction of sp³-hybridized carbons (Fsp3) is 0.500. The molecule has 3 rings (SSSR count). The van der Waals surface area contributed by atoms with E-state index in [1.54, 1.807) is 6.20 Å². The second-order valence-electron chi connectivity index (χ2n) is 5.80. The van der Waals surface area contributed by atoms with E-state index in [0.29, 0.717) is 0 Å². The van der Waals surface area contributed by atoms with Crippen LogP contribution in [0.3, 0.4) is 0 Å². The average molecular weight is 245 g/mol. The number of aliphatic hydroxyl groups excluding tert-OH is 1. The summed E-state index contributed by atoms with van der Waals surface area (Å²) in [7, 11) is 0. The van der Waals surface area contributed by atoms with Crippen LogP contribution >= 0.6 is 0 Å². The number of hydrogen-bond acceptors (Lipinski definition) is 3. The van der Waals surface area contributed by atoms with Crippen LogP contribution in [0.1, 0.15) is 38.4 Å². The molecule has 0 radical (unpaired) electrons. The van der Waals surface area contributed by atoms with Crippen molar-refractivity contribution in [1.29, 1.82) is 0 Å². The predicted octanol–water partition coefficient (Wildman–Crippen LogP) is 2.13. The Balaban J connectivity index is 1.93. The number of nitrogens with zero attached hydrogens (tertiary/aromatic N) is 1. The first kappa shape index (κ1) is 11.7. The van der Waals surface area contributed by atoms with Crippen molar-refractivity contribution in [2.75, 3.05) is 0 Å². The molecule has 0 unspecified atom stereocenters. The fourth-order valence-corrected chi connectivity index (χ4v) is 2.87. The zero-order chi connectivity index (χ0) is 12.8. The fourth-order valence-electron chi connectivity index (χ4n) is 2.87. The first-order valence-corrected chi connectivity index (χ1v) is 6.45. The molecule has 1 aliphatic heterocycles. The Morgan fingerprint density at radius 1 is 1.44 bits per heavy atom. The minimum atomic E-state index is -0.479. The van der Waals surface area contributed by atoms with Crippen LogP contribution in [-0.4, -0.2) is 26.9 Å². The maximum Gasteiger partial charge on any atom is 0.0950 e. The van der Waals surface area contributed by atoms with Gasteiger partial charge in [0, 0.05) is 17.0 Å². The van der Waals surface area contributed by atoms with Crippen molar-refractivity contribution >= 4 is 10.9 Å².